The molecule has 0 aromatic heterocycles. The van der Waals surface area contributed by atoms with E-state index in [9.17, 15) is 4.79 Å². The molecule has 0 heterocycles. The number of halogens is 1. The molecule has 0 radical (unpaired) electrons. The van der Waals surface area contributed by atoms with Crippen LogP contribution in [0.15, 0.2) is 0 Å². The lowest BCUT2D eigenvalue weighted by Crippen LogP contribution is -2.35. The lowest BCUT2D eigenvalue weighted by Gasteiger charge is -2.27. The largest absolute Gasteiger partial charge is 0.356 e. The smallest absolute Gasteiger partial charge is 0.223 e. The summed E-state index contributed by atoms with van der Waals surface area (Å²) in [5.41, 5.74) is 0. The van der Waals surface area contributed by atoms with E-state index in [-0.39, 0.29) is 5.91 Å². The third-order valence-electron chi connectivity index (χ3n) is 3.80. The van der Waals surface area contributed by atoms with Crippen molar-refractivity contribution in [2.24, 2.45) is 17.8 Å². The number of alkyl halides is 1. The normalized spacial score (nSPS) is 39.9. The van der Waals surface area contributed by atoms with Crippen molar-refractivity contribution in [3.8, 4) is 0 Å². The molecule has 2 aliphatic carbocycles. The summed E-state index contributed by atoms with van der Waals surface area (Å²) in [6, 6.07) is 0. The fraction of sp³-hybridized carbons (Fsp3) is 0.917. The molecule has 0 aromatic carbocycles. The topological polar surface area (TPSA) is 29.1 Å². The first-order chi connectivity index (χ1) is 7.18. The van der Waals surface area contributed by atoms with Gasteiger partial charge in [0.15, 0.2) is 0 Å². The van der Waals surface area contributed by atoms with Crippen LogP contribution in [0.5, 0.6) is 0 Å². The first-order valence-corrected chi connectivity index (χ1v) is 7.02. The van der Waals surface area contributed by atoms with Crippen molar-refractivity contribution in [3.05, 3.63) is 0 Å². The van der Waals surface area contributed by atoms with Gasteiger partial charge in [0.2, 0.25) is 5.91 Å². The zero-order valence-electron chi connectivity index (χ0n) is 9.34. The van der Waals surface area contributed by atoms with E-state index < -0.39 is 0 Å². The average Bonchev–Trinajstić information content (AvgIpc) is 2.94. The molecular weight excluding hydrogens is 254 g/mol. The van der Waals surface area contributed by atoms with Crippen LogP contribution in [0.4, 0.5) is 0 Å². The highest BCUT2D eigenvalue weighted by atomic mass is 79.9. The summed E-state index contributed by atoms with van der Waals surface area (Å²) in [7, 11) is 0. The summed E-state index contributed by atoms with van der Waals surface area (Å²) in [5.74, 6) is 1.88. The second-order valence-corrected chi connectivity index (χ2v) is 6.30. The fourth-order valence-corrected chi connectivity index (χ4v) is 3.22. The quantitative estimate of drug-likeness (QED) is 0.788. The molecule has 0 aromatic rings. The standard InChI is InChI=1S/C12H20BrNO/c1-8-6-10(8)12(15)14-7-9-4-2-3-5-11(9)13/h8-11H,2-7H2,1H3,(H,14,15). The van der Waals surface area contributed by atoms with Crippen LogP contribution in [-0.2, 0) is 4.79 Å². The van der Waals surface area contributed by atoms with Gasteiger partial charge in [-0.2, -0.15) is 0 Å². The molecule has 2 aliphatic rings. The molecule has 2 rings (SSSR count). The molecule has 4 atom stereocenters. The van der Waals surface area contributed by atoms with Gasteiger partial charge in [-0.05, 0) is 31.1 Å². The second kappa shape index (κ2) is 4.86. The SMILES string of the molecule is CC1CC1C(=O)NCC1CCCCC1Br. The van der Waals surface area contributed by atoms with Crippen molar-refractivity contribution in [3.63, 3.8) is 0 Å². The molecule has 1 amide bonds. The van der Waals surface area contributed by atoms with E-state index in [0.29, 0.717) is 22.6 Å². The maximum Gasteiger partial charge on any atom is 0.223 e. The minimum Gasteiger partial charge on any atom is -0.356 e. The number of hydrogen-bond acceptors (Lipinski definition) is 1. The summed E-state index contributed by atoms with van der Waals surface area (Å²) in [5, 5.41) is 3.11. The van der Waals surface area contributed by atoms with Gasteiger partial charge in [-0.3, -0.25) is 4.79 Å². The third-order valence-corrected chi connectivity index (χ3v) is 5.01. The number of carbonyl (C=O) groups excluding carboxylic acids is 1. The van der Waals surface area contributed by atoms with Crippen LogP contribution in [0.2, 0.25) is 0 Å². The van der Waals surface area contributed by atoms with E-state index in [4.69, 9.17) is 0 Å². The molecule has 3 heteroatoms. The van der Waals surface area contributed by atoms with Crippen LogP contribution in [0.1, 0.15) is 39.0 Å². The molecule has 15 heavy (non-hydrogen) atoms. The molecule has 0 bridgehead atoms. The first kappa shape index (κ1) is 11.4. The average molecular weight is 274 g/mol. The van der Waals surface area contributed by atoms with Crippen LogP contribution in [0, 0.1) is 17.8 Å². The summed E-state index contributed by atoms with van der Waals surface area (Å²) < 4.78 is 0. The Bertz CT molecular complexity index is 244. The van der Waals surface area contributed by atoms with Crippen LogP contribution in [0.3, 0.4) is 0 Å². The minimum atomic E-state index is 0.285. The van der Waals surface area contributed by atoms with Gasteiger partial charge in [-0.15, -0.1) is 0 Å². The molecule has 2 fully saturated rings. The van der Waals surface area contributed by atoms with E-state index in [1.807, 2.05) is 0 Å². The number of carbonyl (C=O) groups is 1. The number of nitrogens with one attached hydrogen (secondary N) is 1. The predicted octanol–water partition coefficient (Wildman–Crippen LogP) is 2.71. The highest BCUT2D eigenvalue weighted by molar-refractivity contribution is 9.09. The molecule has 0 aliphatic heterocycles. The minimum absolute atomic E-state index is 0.285. The van der Waals surface area contributed by atoms with E-state index in [0.717, 1.165) is 13.0 Å². The van der Waals surface area contributed by atoms with Gasteiger partial charge in [0.1, 0.15) is 0 Å². The van der Waals surface area contributed by atoms with Crippen LogP contribution >= 0.6 is 15.9 Å². The Morgan fingerprint density at radius 1 is 1.40 bits per heavy atom. The van der Waals surface area contributed by atoms with Gasteiger partial charge < -0.3 is 5.32 Å². The number of hydrogen-bond donors (Lipinski definition) is 1. The molecule has 86 valence electrons. The van der Waals surface area contributed by atoms with Crippen LogP contribution < -0.4 is 5.32 Å². The molecule has 1 N–H and O–H groups in total. The van der Waals surface area contributed by atoms with Crippen molar-refractivity contribution in [2.75, 3.05) is 6.54 Å². The Morgan fingerprint density at radius 2 is 2.07 bits per heavy atom. The first-order valence-electron chi connectivity index (χ1n) is 6.10. The molecule has 0 spiro atoms. The zero-order chi connectivity index (χ0) is 10.8. The Hall–Kier alpha value is -0.0500. The van der Waals surface area contributed by atoms with E-state index in [1.165, 1.54) is 25.7 Å². The van der Waals surface area contributed by atoms with E-state index in [2.05, 4.69) is 28.2 Å². The van der Waals surface area contributed by atoms with Gasteiger partial charge in [0, 0.05) is 17.3 Å². The second-order valence-electron chi connectivity index (χ2n) is 5.13. The van der Waals surface area contributed by atoms with Gasteiger partial charge in [-0.1, -0.05) is 35.7 Å². The highest BCUT2D eigenvalue weighted by Gasteiger charge is 2.39. The summed E-state index contributed by atoms with van der Waals surface area (Å²) in [6.07, 6.45) is 6.27. The molecule has 4 unspecified atom stereocenters. The fourth-order valence-electron chi connectivity index (χ4n) is 2.44. The molecular formula is C12H20BrNO. The molecule has 2 nitrogen and oxygen atoms in total. The predicted molar refractivity (Wildman–Crippen MR) is 65.0 cm³/mol. The maximum atomic E-state index is 11.6. The zero-order valence-corrected chi connectivity index (χ0v) is 10.9. The monoisotopic (exact) mass is 273 g/mol. The Morgan fingerprint density at radius 3 is 2.67 bits per heavy atom. The lowest BCUT2D eigenvalue weighted by molar-refractivity contribution is -0.122. The van der Waals surface area contributed by atoms with E-state index >= 15 is 0 Å². The maximum absolute atomic E-state index is 11.6. The van der Waals surface area contributed by atoms with E-state index in [1.54, 1.807) is 0 Å². The third kappa shape index (κ3) is 2.96. The van der Waals surface area contributed by atoms with Crippen LogP contribution in [0.25, 0.3) is 0 Å². The van der Waals surface area contributed by atoms with Gasteiger partial charge >= 0.3 is 0 Å². The van der Waals surface area contributed by atoms with Crippen molar-refractivity contribution in [2.45, 2.75) is 43.9 Å². The van der Waals surface area contributed by atoms with Gasteiger partial charge in [-0.25, -0.2) is 0 Å². The Balaban J connectivity index is 1.70. The number of rotatable bonds is 3. The van der Waals surface area contributed by atoms with Crippen molar-refractivity contribution < 1.29 is 4.79 Å². The summed E-state index contributed by atoms with van der Waals surface area (Å²) in [6.45, 7) is 3.02. The van der Waals surface area contributed by atoms with Crippen molar-refractivity contribution in [1.82, 2.24) is 5.32 Å². The Labute approximate surface area is 100 Å². The number of amides is 1. The Kier molecular flexibility index (Phi) is 3.70. The van der Waals surface area contributed by atoms with Crippen molar-refractivity contribution in [1.29, 1.82) is 0 Å². The lowest BCUT2D eigenvalue weighted by atomic mass is 9.89. The highest BCUT2D eigenvalue weighted by Crippen LogP contribution is 2.38. The van der Waals surface area contributed by atoms with Crippen LogP contribution in [-0.4, -0.2) is 17.3 Å². The summed E-state index contributed by atoms with van der Waals surface area (Å²) in [4.78, 5) is 12.3. The van der Waals surface area contributed by atoms with Gasteiger partial charge in [0.05, 0.1) is 0 Å². The van der Waals surface area contributed by atoms with Crippen molar-refractivity contribution >= 4 is 21.8 Å². The molecule has 2 saturated carbocycles. The summed E-state index contributed by atoms with van der Waals surface area (Å²) >= 11 is 3.72. The van der Waals surface area contributed by atoms with Gasteiger partial charge in [0.25, 0.3) is 0 Å². The molecule has 0 saturated heterocycles.